The molecule has 1 saturated heterocycles. The van der Waals surface area contributed by atoms with Gasteiger partial charge in [-0.05, 0) is 36.8 Å². The van der Waals surface area contributed by atoms with Gasteiger partial charge in [0.1, 0.15) is 9.84 Å². The lowest BCUT2D eigenvalue weighted by Crippen LogP contribution is -2.48. The van der Waals surface area contributed by atoms with Crippen molar-refractivity contribution in [3.05, 3.63) is 17.5 Å². The van der Waals surface area contributed by atoms with Crippen LogP contribution in [0.4, 0.5) is 5.00 Å². The minimum absolute atomic E-state index is 0. The van der Waals surface area contributed by atoms with Crippen molar-refractivity contribution in [3.8, 4) is 0 Å². The summed E-state index contributed by atoms with van der Waals surface area (Å²) < 4.78 is 22.2. The summed E-state index contributed by atoms with van der Waals surface area (Å²) in [6, 6.07) is 4.67. The number of thiophene rings is 1. The summed E-state index contributed by atoms with van der Waals surface area (Å²) in [7, 11) is -1.15. The van der Waals surface area contributed by atoms with Crippen LogP contribution in [0.1, 0.15) is 19.3 Å². The molecule has 2 N–H and O–H groups in total. The zero-order chi connectivity index (χ0) is 16.7. The van der Waals surface area contributed by atoms with Crippen molar-refractivity contribution in [1.29, 1.82) is 0 Å². The Hall–Kier alpha value is -0.550. The summed E-state index contributed by atoms with van der Waals surface area (Å²) in [4.78, 5) is 6.64. The number of rotatable bonds is 6. The molecule has 0 bridgehead atoms. The summed E-state index contributed by atoms with van der Waals surface area (Å²) in [6.07, 6.45) is 4.00. The van der Waals surface area contributed by atoms with Gasteiger partial charge in [0.15, 0.2) is 5.96 Å². The molecule has 1 aromatic rings. The number of halogens is 1. The van der Waals surface area contributed by atoms with Crippen molar-refractivity contribution in [3.63, 3.8) is 0 Å². The molecule has 9 heteroatoms. The van der Waals surface area contributed by atoms with Crippen LogP contribution in [0.3, 0.4) is 0 Å². The largest absolute Gasteiger partial charge is 0.363 e. The Morgan fingerprint density at radius 3 is 2.67 bits per heavy atom. The molecule has 0 spiro atoms. The summed E-state index contributed by atoms with van der Waals surface area (Å²) >= 11 is 1.78. The highest BCUT2D eigenvalue weighted by molar-refractivity contribution is 14.0. The van der Waals surface area contributed by atoms with Gasteiger partial charge in [0.25, 0.3) is 0 Å². The third-order valence-corrected chi connectivity index (χ3v) is 5.82. The number of nitrogens with zero attached hydrogens (tertiary/aromatic N) is 2. The number of sulfone groups is 1. The normalized spacial score (nSPS) is 16.6. The molecule has 6 nitrogen and oxygen atoms in total. The monoisotopic (exact) mass is 486 g/mol. The molecule has 138 valence electrons. The van der Waals surface area contributed by atoms with Crippen molar-refractivity contribution >= 4 is 56.1 Å². The molecule has 0 atom stereocenters. The predicted molar refractivity (Wildman–Crippen MR) is 114 cm³/mol. The molecule has 1 fully saturated rings. The second-order valence-electron chi connectivity index (χ2n) is 5.84. The predicted octanol–water partition coefficient (Wildman–Crippen LogP) is 1.93. The topological polar surface area (TPSA) is 73.8 Å². The highest BCUT2D eigenvalue weighted by Crippen LogP contribution is 2.24. The van der Waals surface area contributed by atoms with E-state index < -0.39 is 9.84 Å². The minimum Gasteiger partial charge on any atom is -0.363 e. The van der Waals surface area contributed by atoms with Gasteiger partial charge in [-0.1, -0.05) is 0 Å². The van der Waals surface area contributed by atoms with Crippen LogP contribution in [-0.4, -0.2) is 59.1 Å². The van der Waals surface area contributed by atoms with Gasteiger partial charge in [-0.25, -0.2) is 8.42 Å². The van der Waals surface area contributed by atoms with E-state index in [0.29, 0.717) is 19.0 Å². The maximum absolute atomic E-state index is 11.1. The summed E-state index contributed by atoms with van der Waals surface area (Å²) in [5, 5.41) is 10.1. The van der Waals surface area contributed by atoms with E-state index in [1.807, 2.05) is 0 Å². The molecule has 0 aromatic carbocycles. The van der Waals surface area contributed by atoms with Gasteiger partial charge < -0.3 is 15.5 Å². The van der Waals surface area contributed by atoms with Crippen molar-refractivity contribution < 1.29 is 8.42 Å². The van der Waals surface area contributed by atoms with Crippen molar-refractivity contribution in [2.75, 3.05) is 43.6 Å². The van der Waals surface area contributed by atoms with Gasteiger partial charge in [0.2, 0.25) is 0 Å². The van der Waals surface area contributed by atoms with E-state index in [0.717, 1.165) is 31.9 Å². The fraction of sp³-hybridized carbons (Fsp3) is 0.667. The maximum atomic E-state index is 11.1. The van der Waals surface area contributed by atoms with E-state index in [1.54, 1.807) is 18.4 Å². The standard InChI is InChI=1S/C15H26N4O2S2.HI/c1-16-15(17-8-4-12-23(2,20)21)18-13-6-9-19(10-7-13)14-5-3-11-22-14;/h3,5,11,13H,4,6-10,12H2,1-2H3,(H2,16,17,18);1H. The average Bonchev–Trinajstić information content (AvgIpc) is 3.04. The first-order valence-electron chi connectivity index (χ1n) is 7.91. The van der Waals surface area contributed by atoms with Crippen LogP contribution in [-0.2, 0) is 9.84 Å². The number of guanidine groups is 1. The highest BCUT2D eigenvalue weighted by Gasteiger charge is 2.20. The van der Waals surface area contributed by atoms with Crippen LogP contribution in [0.25, 0.3) is 0 Å². The Balaban J connectivity index is 0.00000288. The van der Waals surface area contributed by atoms with Gasteiger partial charge in [-0.15, -0.1) is 35.3 Å². The lowest BCUT2D eigenvalue weighted by molar-refractivity contribution is 0.463. The molecule has 0 saturated carbocycles. The molecule has 2 rings (SSSR count). The fourth-order valence-electron chi connectivity index (χ4n) is 2.62. The Bertz CT molecular complexity index is 597. The molecule has 1 aromatic heterocycles. The van der Waals surface area contributed by atoms with Crippen LogP contribution < -0.4 is 15.5 Å². The van der Waals surface area contributed by atoms with Crippen LogP contribution in [0.15, 0.2) is 22.5 Å². The Kier molecular flexibility index (Phi) is 9.35. The highest BCUT2D eigenvalue weighted by atomic mass is 127. The van der Waals surface area contributed by atoms with Gasteiger partial charge in [0, 0.05) is 39.0 Å². The molecular formula is C15H27IN4O2S2. The molecule has 0 amide bonds. The van der Waals surface area contributed by atoms with E-state index >= 15 is 0 Å². The molecule has 1 aliphatic rings. The zero-order valence-electron chi connectivity index (χ0n) is 14.2. The summed E-state index contributed by atoms with van der Waals surface area (Å²) in [6.45, 7) is 2.70. The maximum Gasteiger partial charge on any atom is 0.191 e. The van der Waals surface area contributed by atoms with E-state index in [4.69, 9.17) is 0 Å². The summed E-state index contributed by atoms with van der Waals surface area (Å²) in [5.74, 6) is 0.962. The molecule has 24 heavy (non-hydrogen) atoms. The molecule has 0 unspecified atom stereocenters. The van der Waals surface area contributed by atoms with Gasteiger partial charge in [-0.3, -0.25) is 4.99 Å². The van der Waals surface area contributed by atoms with Gasteiger partial charge in [-0.2, -0.15) is 0 Å². The van der Waals surface area contributed by atoms with Crippen LogP contribution in [0.2, 0.25) is 0 Å². The second kappa shape index (κ2) is 10.4. The second-order valence-corrected chi connectivity index (χ2v) is 9.03. The first-order valence-corrected chi connectivity index (χ1v) is 10.9. The molecule has 0 aliphatic carbocycles. The number of hydrogen-bond donors (Lipinski definition) is 2. The third-order valence-electron chi connectivity index (χ3n) is 3.86. The Labute approximate surface area is 166 Å². The van der Waals surface area contributed by atoms with Crippen molar-refractivity contribution in [1.82, 2.24) is 10.6 Å². The quantitative estimate of drug-likeness (QED) is 0.278. The van der Waals surface area contributed by atoms with E-state index in [1.165, 1.54) is 11.3 Å². The van der Waals surface area contributed by atoms with Crippen LogP contribution in [0.5, 0.6) is 0 Å². The van der Waals surface area contributed by atoms with Crippen molar-refractivity contribution in [2.45, 2.75) is 25.3 Å². The van der Waals surface area contributed by atoms with Crippen molar-refractivity contribution in [2.24, 2.45) is 4.99 Å². The zero-order valence-corrected chi connectivity index (χ0v) is 18.2. The van der Waals surface area contributed by atoms with Gasteiger partial charge >= 0.3 is 0 Å². The lowest BCUT2D eigenvalue weighted by atomic mass is 10.1. The molecular weight excluding hydrogens is 459 g/mol. The van der Waals surface area contributed by atoms with Crippen LogP contribution >= 0.6 is 35.3 Å². The van der Waals surface area contributed by atoms with E-state index in [9.17, 15) is 8.42 Å². The third kappa shape index (κ3) is 7.56. The molecule has 1 aliphatic heterocycles. The first-order chi connectivity index (χ1) is 11.0. The number of anilines is 1. The van der Waals surface area contributed by atoms with Gasteiger partial charge in [0.05, 0.1) is 10.8 Å². The number of aliphatic imine (C=N–C) groups is 1. The lowest BCUT2D eigenvalue weighted by Gasteiger charge is -2.33. The average molecular weight is 486 g/mol. The minimum atomic E-state index is -2.89. The van der Waals surface area contributed by atoms with Crippen LogP contribution in [0, 0.1) is 0 Å². The molecule has 0 radical (unpaired) electrons. The Morgan fingerprint density at radius 1 is 1.42 bits per heavy atom. The molecule has 2 heterocycles. The summed E-state index contributed by atoms with van der Waals surface area (Å²) in [5.41, 5.74) is 0. The Morgan fingerprint density at radius 2 is 2.12 bits per heavy atom. The smallest absolute Gasteiger partial charge is 0.191 e. The van der Waals surface area contributed by atoms with E-state index in [2.05, 4.69) is 38.0 Å². The number of hydrogen-bond acceptors (Lipinski definition) is 5. The number of piperidine rings is 1. The number of nitrogens with one attached hydrogen (secondary N) is 2. The fourth-order valence-corrected chi connectivity index (χ4v) is 4.08. The SMILES string of the molecule is CN=C(NCCCS(C)(=O)=O)NC1CCN(c2cccs2)CC1.I. The van der Waals surface area contributed by atoms with E-state index in [-0.39, 0.29) is 29.7 Å². The first kappa shape index (κ1) is 21.5.